The summed E-state index contributed by atoms with van der Waals surface area (Å²) in [5, 5.41) is 3.64. The zero-order chi connectivity index (χ0) is 13.4. The number of nitrogens with one attached hydrogen (secondary N) is 2. The molecule has 1 atom stereocenters. The molecular formula is C11H25N3O2S2. The van der Waals surface area contributed by atoms with Gasteiger partial charge in [-0.05, 0) is 38.1 Å². The van der Waals surface area contributed by atoms with Gasteiger partial charge >= 0.3 is 0 Å². The van der Waals surface area contributed by atoms with Crippen molar-refractivity contribution in [3.63, 3.8) is 0 Å². The van der Waals surface area contributed by atoms with Crippen LogP contribution in [0.1, 0.15) is 26.2 Å². The third kappa shape index (κ3) is 5.88. The minimum Gasteiger partial charge on any atom is -0.317 e. The van der Waals surface area contributed by atoms with E-state index in [1.807, 2.05) is 18.7 Å². The fraction of sp³-hybridized carbons (Fsp3) is 1.00. The Bertz CT molecular complexity index is 316. The summed E-state index contributed by atoms with van der Waals surface area (Å²) in [6.45, 7) is 4.94. The molecule has 1 rings (SSSR count). The standard InChI is InChI=1S/C11H25N3O2S2/c1-3-12-7-5-8-14(2)18(15,16)13-10-11-6-4-9-17-11/h11-13H,3-10H2,1-2H3. The van der Waals surface area contributed by atoms with Gasteiger partial charge in [-0.25, -0.2) is 4.72 Å². The molecule has 1 saturated heterocycles. The van der Waals surface area contributed by atoms with Crippen LogP contribution in [0.3, 0.4) is 0 Å². The van der Waals surface area contributed by atoms with Crippen molar-refractivity contribution >= 4 is 22.0 Å². The number of hydrogen-bond donors (Lipinski definition) is 2. The SMILES string of the molecule is CCNCCCN(C)S(=O)(=O)NCC1CCCS1. The molecule has 0 aromatic rings. The largest absolute Gasteiger partial charge is 0.317 e. The van der Waals surface area contributed by atoms with Crippen LogP contribution in [0.15, 0.2) is 0 Å². The van der Waals surface area contributed by atoms with Gasteiger partial charge in [0, 0.05) is 25.4 Å². The van der Waals surface area contributed by atoms with Crippen molar-refractivity contribution < 1.29 is 8.42 Å². The number of rotatable bonds is 9. The van der Waals surface area contributed by atoms with E-state index in [2.05, 4.69) is 10.0 Å². The molecule has 0 aromatic heterocycles. The first-order chi connectivity index (χ1) is 8.56. The fourth-order valence-corrected chi connectivity index (χ4v) is 4.15. The van der Waals surface area contributed by atoms with E-state index in [0.29, 0.717) is 18.3 Å². The van der Waals surface area contributed by atoms with Crippen molar-refractivity contribution in [3.05, 3.63) is 0 Å². The second-order valence-corrected chi connectivity index (χ2v) is 7.79. The summed E-state index contributed by atoms with van der Waals surface area (Å²) in [5.41, 5.74) is 0. The van der Waals surface area contributed by atoms with Crippen LogP contribution in [0.5, 0.6) is 0 Å². The van der Waals surface area contributed by atoms with Gasteiger partial charge < -0.3 is 5.32 Å². The molecule has 7 heteroatoms. The summed E-state index contributed by atoms with van der Waals surface area (Å²) in [7, 11) is -1.66. The highest BCUT2D eigenvalue weighted by molar-refractivity contribution is 8.00. The molecule has 0 saturated carbocycles. The van der Waals surface area contributed by atoms with Crippen molar-refractivity contribution in [2.45, 2.75) is 31.4 Å². The average molecular weight is 295 g/mol. The van der Waals surface area contributed by atoms with E-state index in [9.17, 15) is 8.42 Å². The molecule has 0 bridgehead atoms. The molecule has 1 unspecified atom stereocenters. The maximum Gasteiger partial charge on any atom is 0.279 e. The molecule has 5 nitrogen and oxygen atoms in total. The average Bonchev–Trinajstić information content (AvgIpc) is 2.85. The van der Waals surface area contributed by atoms with Gasteiger partial charge in [-0.3, -0.25) is 0 Å². The highest BCUT2D eigenvalue weighted by Crippen LogP contribution is 2.25. The first-order valence-corrected chi connectivity index (χ1v) is 9.08. The van der Waals surface area contributed by atoms with Gasteiger partial charge in [-0.15, -0.1) is 0 Å². The van der Waals surface area contributed by atoms with Gasteiger partial charge in [-0.2, -0.15) is 24.5 Å². The minimum atomic E-state index is -3.29. The summed E-state index contributed by atoms with van der Waals surface area (Å²) >= 11 is 1.86. The number of hydrogen-bond acceptors (Lipinski definition) is 4. The second kappa shape index (κ2) is 8.37. The normalized spacial score (nSPS) is 20.7. The molecule has 0 aliphatic carbocycles. The molecule has 0 radical (unpaired) electrons. The van der Waals surface area contributed by atoms with E-state index in [1.54, 1.807) is 7.05 Å². The van der Waals surface area contributed by atoms with E-state index in [-0.39, 0.29) is 0 Å². The predicted octanol–water partition coefficient (Wildman–Crippen LogP) is 0.648. The van der Waals surface area contributed by atoms with Crippen LogP contribution in [-0.2, 0) is 10.2 Å². The van der Waals surface area contributed by atoms with Crippen molar-refractivity contribution in [2.24, 2.45) is 0 Å². The Hall–Kier alpha value is 0.180. The summed E-state index contributed by atoms with van der Waals surface area (Å²) < 4.78 is 28.0. The zero-order valence-corrected chi connectivity index (χ0v) is 12.9. The van der Waals surface area contributed by atoms with Gasteiger partial charge in [0.05, 0.1) is 0 Å². The molecule has 0 spiro atoms. The van der Waals surface area contributed by atoms with E-state index in [4.69, 9.17) is 0 Å². The van der Waals surface area contributed by atoms with Crippen LogP contribution >= 0.6 is 11.8 Å². The zero-order valence-electron chi connectivity index (χ0n) is 11.3. The van der Waals surface area contributed by atoms with E-state index in [0.717, 1.165) is 31.7 Å². The third-order valence-electron chi connectivity index (χ3n) is 3.00. The van der Waals surface area contributed by atoms with Gasteiger partial charge in [0.15, 0.2) is 0 Å². The lowest BCUT2D eigenvalue weighted by atomic mass is 10.2. The van der Waals surface area contributed by atoms with Gasteiger partial charge in [-0.1, -0.05) is 6.92 Å². The van der Waals surface area contributed by atoms with Gasteiger partial charge in [0.25, 0.3) is 10.2 Å². The Morgan fingerprint density at radius 1 is 1.44 bits per heavy atom. The molecule has 1 fully saturated rings. The number of nitrogens with zero attached hydrogens (tertiary/aromatic N) is 1. The quantitative estimate of drug-likeness (QED) is 0.613. The van der Waals surface area contributed by atoms with Crippen LogP contribution in [-0.4, -0.2) is 57.0 Å². The first kappa shape index (κ1) is 16.2. The molecule has 1 heterocycles. The fourth-order valence-electron chi connectivity index (χ4n) is 1.84. The highest BCUT2D eigenvalue weighted by atomic mass is 32.2. The van der Waals surface area contributed by atoms with Crippen molar-refractivity contribution in [3.8, 4) is 0 Å². The lowest BCUT2D eigenvalue weighted by molar-refractivity contribution is 0.445. The molecule has 1 aliphatic heterocycles. The van der Waals surface area contributed by atoms with E-state index < -0.39 is 10.2 Å². The van der Waals surface area contributed by atoms with Crippen molar-refractivity contribution in [2.75, 3.05) is 39.0 Å². The Balaban J connectivity index is 2.23. The van der Waals surface area contributed by atoms with Gasteiger partial charge in [0.2, 0.25) is 0 Å². The maximum absolute atomic E-state index is 11.9. The summed E-state index contributed by atoms with van der Waals surface area (Å²) in [4.78, 5) is 0. The number of thioether (sulfide) groups is 1. The van der Waals surface area contributed by atoms with Crippen LogP contribution in [0, 0.1) is 0 Å². The Morgan fingerprint density at radius 2 is 2.22 bits per heavy atom. The molecular weight excluding hydrogens is 270 g/mol. The van der Waals surface area contributed by atoms with Crippen LogP contribution in [0.25, 0.3) is 0 Å². The summed E-state index contributed by atoms with van der Waals surface area (Å²) in [6.07, 6.45) is 3.16. The van der Waals surface area contributed by atoms with E-state index in [1.165, 1.54) is 10.7 Å². The monoisotopic (exact) mass is 295 g/mol. The van der Waals surface area contributed by atoms with Crippen LogP contribution in [0.4, 0.5) is 0 Å². The molecule has 18 heavy (non-hydrogen) atoms. The van der Waals surface area contributed by atoms with Crippen molar-refractivity contribution in [1.82, 2.24) is 14.3 Å². The second-order valence-electron chi connectivity index (χ2n) is 4.52. The van der Waals surface area contributed by atoms with E-state index >= 15 is 0 Å². The maximum atomic E-state index is 11.9. The minimum absolute atomic E-state index is 0.454. The molecule has 2 N–H and O–H groups in total. The predicted molar refractivity (Wildman–Crippen MR) is 78.2 cm³/mol. The molecule has 1 aliphatic rings. The first-order valence-electron chi connectivity index (χ1n) is 6.59. The Labute approximate surface area is 115 Å². The van der Waals surface area contributed by atoms with Gasteiger partial charge in [0.1, 0.15) is 0 Å². The Morgan fingerprint density at radius 3 is 2.83 bits per heavy atom. The third-order valence-corrected chi connectivity index (χ3v) is 5.94. The topological polar surface area (TPSA) is 61.4 Å². The molecule has 108 valence electrons. The molecule has 0 aromatic carbocycles. The highest BCUT2D eigenvalue weighted by Gasteiger charge is 2.21. The Kier molecular flexibility index (Phi) is 7.55. The molecule has 0 amide bonds. The van der Waals surface area contributed by atoms with Crippen LogP contribution < -0.4 is 10.0 Å². The van der Waals surface area contributed by atoms with Crippen molar-refractivity contribution in [1.29, 1.82) is 0 Å². The lowest BCUT2D eigenvalue weighted by Crippen LogP contribution is -2.41. The lowest BCUT2D eigenvalue weighted by Gasteiger charge is -2.19. The van der Waals surface area contributed by atoms with Crippen LogP contribution in [0.2, 0.25) is 0 Å². The summed E-state index contributed by atoms with van der Waals surface area (Å²) in [6, 6.07) is 0. The smallest absolute Gasteiger partial charge is 0.279 e. The summed E-state index contributed by atoms with van der Waals surface area (Å²) in [5.74, 6) is 1.16.